The molecule has 7 nitrogen and oxygen atoms in total. The Bertz CT molecular complexity index is 722. The van der Waals surface area contributed by atoms with Crippen LogP contribution < -0.4 is 5.14 Å². The quantitative estimate of drug-likeness (QED) is 0.764. The lowest BCUT2D eigenvalue weighted by molar-refractivity contribution is -0.148. The fourth-order valence-corrected chi connectivity index (χ4v) is 3.85. The molecule has 1 aliphatic heterocycles. The van der Waals surface area contributed by atoms with E-state index in [0.29, 0.717) is 10.6 Å². The number of carboxylic acids is 1. The molecule has 1 unspecified atom stereocenters. The number of rotatable bonds is 6. The Labute approximate surface area is 139 Å². The van der Waals surface area contributed by atoms with Crippen LogP contribution in [0.5, 0.6) is 0 Å². The number of nitrogens with two attached hydrogens (primary N) is 1. The van der Waals surface area contributed by atoms with Crippen molar-refractivity contribution in [3.63, 3.8) is 0 Å². The minimum atomic E-state index is -3.71. The van der Waals surface area contributed by atoms with Crippen LogP contribution >= 0.6 is 11.6 Å². The van der Waals surface area contributed by atoms with E-state index < -0.39 is 33.9 Å². The van der Waals surface area contributed by atoms with Crippen LogP contribution in [0.15, 0.2) is 24.3 Å². The molecule has 2 atom stereocenters. The number of benzene rings is 1. The van der Waals surface area contributed by atoms with Crippen molar-refractivity contribution in [1.29, 1.82) is 0 Å². The lowest BCUT2D eigenvalue weighted by Crippen LogP contribution is -2.44. The highest BCUT2D eigenvalue weighted by Crippen LogP contribution is 2.25. The molecule has 1 amide bonds. The minimum absolute atomic E-state index is 0.0251. The van der Waals surface area contributed by atoms with Crippen LogP contribution in [0, 0.1) is 5.92 Å². The number of nitrogens with zero attached hydrogens (tertiary/aromatic N) is 1. The number of carbonyl (C=O) groups excluding carboxylic acids is 1. The van der Waals surface area contributed by atoms with E-state index in [4.69, 9.17) is 16.7 Å². The third-order valence-corrected chi connectivity index (χ3v) is 5.04. The van der Waals surface area contributed by atoms with Crippen LogP contribution in [0.1, 0.15) is 12.0 Å². The molecule has 1 aromatic rings. The predicted octanol–water partition coefficient (Wildman–Crippen LogP) is 0.473. The van der Waals surface area contributed by atoms with Gasteiger partial charge in [-0.2, -0.15) is 0 Å². The normalized spacial score (nSPS) is 19.8. The highest BCUT2D eigenvalue weighted by molar-refractivity contribution is 7.89. The number of hydrogen-bond acceptors (Lipinski definition) is 4. The summed E-state index contributed by atoms with van der Waals surface area (Å²) >= 11 is 6.04. The molecule has 1 saturated heterocycles. The second-order valence-corrected chi connectivity index (χ2v) is 7.66. The van der Waals surface area contributed by atoms with Gasteiger partial charge in [0.1, 0.15) is 6.04 Å². The van der Waals surface area contributed by atoms with Gasteiger partial charge in [0.15, 0.2) is 0 Å². The maximum Gasteiger partial charge on any atom is 0.326 e. The first-order valence-corrected chi connectivity index (χ1v) is 9.03. The number of sulfonamides is 1. The van der Waals surface area contributed by atoms with Crippen molar-refractivity contribution in [2.75, 3.05) is 12.3 Å². The van der Waals surface area contributed by atoms with Gasteiger partial charge in [-0.1, -0.05) is 29.8 Å². The summed E-state index contributed by atoms with van der Waals surface area (Å²) in [5, 5.41) is 14.9. The molecular formula is C14H17ClN2O5S. The van der Waals surface area contributed by atoms with E-state index in [9.17, 15) is 23.1 Å². The first-order valence-electron chi connectivity index (χ1n) is 6.93. The van der Waals surface area contributed by atoms with Crippen molar-refractivity contribution in [3.05, 3.63) is 34.9 Å². The average Bonchev–Trinajstić information content (AvgIpc) is 2.75. The molecular weight excluding hydrogens is 344 g/mol. The number of primary sulfonamides is 1. The Hall–Kier alpha value is -1.64. The molecule has 23 heavy (non-hydrogen) atoms. The summed E-state index contributed by atoms with van der Waals surface area (Å²) < 4.78 is 22.3. The first kappa shape index (κ1) is 17.7. The smallest absolute Gasteiger partial charge is 0.326 e. The van der Waals surface area contributed by atoms with Crippen LogP contribution in [0.4, 0.5) is 0 Å². The van der Waals surface area contributed by atoms with Gasteiger partial charge in [-0.15, -0.1) is 0 Å². The standard InChI is InChI=1S/C14H17ClN2O5S/c15-11-4-2-1-3-10(11)6-12(14(19)20)17-7-9(5-13(17)18)8-23(16,21)22/h1-4,9,12H,5-8H2,(H,19,20)(H2,16,21,22)/t9?,12-/m0/s1. The number of halogens is 1. The van der Waals surface area contributed by atoms with E-state index in [0.717, 1.165) is 0 Å². The number of carbonyl (C=O) groups is 2. The summed E-state index contributed by atoms with van der Waals surface area (Å²) in [6.45, 7) is 0.0523. The molecule has 9 heteroatoms. The molecule has 1 heterocycles. The number of likely N-dealkylation sites (tertiary alicyclic amines) is 1. The molecule has 126 valence electrons. The van der Waals surface area contributed by atoms with Crippen LogP contribution in [0.25, 0.3) is 0 Å². The molecule has 2 rings (SSSR count). The van der Waals surface area contributed by atoms with Gasteiger partial charge in [-0.3, -0.25) is 4.79 Å². The number of carboxylic acid groups (broad SMARTS) is 1. The van der Waals surface area contributed by atoms with E-state index in [1.54, 1.807) is 24.3 Å². The Morgan fingerprint density at radius 1 is 1.43 bits per heavy atom. The zero-order valence-corrected chi connectivity index (χ0v) is 13.8. The van der Waals surface area contributed by atoms with Gasteiger partial charge in [0, 0.05) is 30.3 Å². The minimum Gasteiger partial charge on any atom is -0.480 e. The third kappa shape index (κ3) is 4.66. The zero-order chi connectivity index (χ0) is 17.2. The van der Waals surface area contributed by atoms with Crippen molar-refractivity contribution in [3.8, 4) is 0 Å². The highest BCUT2D eigenvalue weighted by atomic mass is 35.5. The van der Waals surface area contributed by atoms with Crippen LogP contribution in [-0.2, 0) is 26.0 Å². The Kier molecular flexibility index (Phi) is 5.28. The molecule has 0 aromatic heterocycles. The molecule has 0 saturated carbocycles. The van der Waals surface area contributed by atoms with Crippen molar-refractivity contribution >= 4 is 33.5 Å². The van der Waals surface area contributed by atoms with Crippen molar-refractivity contribution in [1.82, 2.24) is 4.90 Å². The van der Waals surface area contributed by atoms with Gasteiger partial charge in [0.25, 0.3) is 0 Å². The van der Waals surface area contributed by atoms with Gasteiger partial charge in [0.05, 0.1) is 5.75 Å². The third-order valence-electron chi connectivity index (χ3n) is 3.74. The van der Waals surface area contributed by atoms with E-state index in [1.807, 2.05) is 0 Å². The van der Waals surface area contributed by atoms with E-state index in [2.05, 4.69) is 0 Å². The molecule has 1 aromatic carbocycles. The van der Waals surface area contributed by atoms with E-state index in [-0.39, 0.29) is 25.1 Å². The number of amides is 1. The van der Waals surface area contributed by atoms with Crippen LogP contribution in [-0.4, -0.2) is 48.6 Å². The van der Waals surface area contributed by atoms with Gasteiger partial charge >= 0.3 is 5.97 Å². The fraction of sp³-hybridized carbons (Fsp3) is 0.429. The summed E-state index contributed by atoms with van der Waals surface area (Å²) in [4.78, 5) is 24.8. The van der Waals surface area contributed by atoms with Crippen molar-refractivity contribution < 1.29 is 23.1 Å². The van der Waals surface area contributed by atoms with Crippen LogP contribution in [0.3, 0.4) is 0 Å². The maximum atomic E-state index is 12.1. The lowest BCUT2D eigenvalue weighted by atomic mass is 10.0. The van der Waals surface area contributed by atoms with Gasteiger partial charge in [-0.25, -0.2) is 18.4 Å². The maximum absolute atomic E-state index is 12.1. The summed E-state index contributed by atoms with van der Waals surface area (Å²) in [6.07, 6.45) is 0.0333. The van der Waals surface area contributed by atoms with Crippen molar-refractivity contribution in [2.45, 2.75) is 18.9 Å². The summed E-state index contributed by atoms with van der Waals surface area (Å²) in [5.41, 5.74) is 0.615. The second kappa shape index (κ2) is 6.86. The molecule has 0 spiro atoms. The summed E-state index contributed by atoms with van der Waals surface area (Å²) in [7, 11) is -3.71. The molecule has 1 aliphatic rings. The van der Waals surface area contributed by atoms with Crippen molar-refractivity contribution in [2.24, 2.45) is 11.1 Å². The lowest BCUT2D eigenvalue weighted by Gasteiger charge is -2.25. The fourth-order valence-electron chi connectivity index (χ4n) is 2.75. The molecule has 0 bridgehead atoms. The van der Waals surface area contributed by atoms with E-state index >= 15 is 0 Å². The van der Waals surface area contributed by atoms with Crippen LogP contribution in [0.2, 0.25) is 5.02 Å². The van der Waals surface area contributed by atoms with Gasteiger partial charge < -0.3 is 10.0 Å². The Morgan fingerprint density at radius 3 is 2.65 bits per heavy atom. The van der Waals surface area contributed by atoms with Gasteiger partial charge in [0.2, 0.25) is 15.9 Å². The van der Waals surface area contributed by atoms with E-state index in [1.165, 1.54) is 4.90 Å². The Balaban J connectivity index is 2.17. The molecule has 0 radical (unpaired) electrons. The predicted molar refractivity (Wildman–Crippen MR) is 84.4 cm³/mol. The zero-order valence-electron chi connectivity index (χ0n) is 12.2. The second-order valence-electron chi connectivity index (χ2n) is 5.60. The first-order chi connectivity index (χ1) is 10.7. The van der Waals surface area contributed by atoms with Gasteiger partial charge in [-0.05, 0) is 11.6 Å². The SMILES string of the molecule is NS(=O)(=O)CC1CC(=O)N([C@@H](Cc2ccccc2Cl)C(=O)O)C1. The Morgan fingerprint density at radius 2 is 2.09 bits per heavy atom. The molecule has 1 fully saturated rings. The number of hydrogen-bond donors (Lipinski definition) is 2. The average molecular weight is 361 g/mol. The monoisotopic (exact) mass is 360 g/mol. The number of aliphatic carboxylic acids is 1. The molecule has 0 aliphatic carbocycles. The molecule has 3 N–H and O–H groups in total. The topological polar surface area (TPSA) is 118 Å². The highest BCUT2D eigenvalue weighted by Gasteiger charge is 2.39. The summed E-state index contributed by atoms with van der Waals surface area (Å²) in [5.74, 6) is -2.38. The summed E-state index contributed by atoms with van der Waals surface area (Å²) in [6, 6.07) is 5.71. The largest absolute Gasteiger partial charge is 0.480 e.